The zero-order valence-electron chi connectivity index (χ0n) is 13.1. The molecule has 122 valence electrons. The number of amides is 2. The van der Waals surface area contributed by atoms with Crippen LogP contribution in [0.15, 0.2) is 53.0 Å². The van der Waals surface area contributed by atoms with Crippen molar-refractivity contribution in [2.45, 2.75) is 25.4 Å². The summed E-state index contributed by atoms with van der Waals surface area (Å²) in [5, 5.41) is 0. The molecular weight excluding hydrogens is 368 g/mol. The molecule has 1 fully saturated rings. The molecule has 2 amide bonds. The molecule has 2 aromatic carbocycles. The summed E-state index contributed by atoms with van der Waals surface area (Å²) in [6, 6.07) is 15.3. The van der Waals surface area contributed by atoms with Crippen molar-refractivity contribution in [2.75, 3.05) is 11.4 Å². The lowest BCUT2D eigenvalue weighted by atomic mass is 9.98. The predicted octanol–water partition coefficient (Wildman–Crippen LogP) is 3.14. The Kier molecular flexibility index (Phi) is 3.98. The first-order valence-electron chi connectivity index (χ1n) is 8.07. The smallest absolute Gasteiger partial charge is 0.251 e. The van der Waals surface area contributed by atoms with Crippen LogP contribution in [0.5, 0.6) is 0 Å². The monoisotopic (exact) mass is 384 g/mol. The molecule has 1 saturated heterocycles. The molecule has 2 aliphatic heterocycles. The number of carbonyl (C=O) groups is 2. The SMILES string of the molecule is O=C1C[C@H](N2CCc3ccccc3C2)C(=O)N1c1ccc(Br)cc1. The number of hydrogen-bond donors (Lipinski definition) is 0. The maximum atomic E-state index is 12.9. The van der Waals surface area contributed by atoms with Crippen LogP contribution in [-0.4, -0.2) is 29.3 Å². The number of imide groups is 1. The molecule has 2 aromatic rings. The second-order valence-corrected chi connectivity index (χ2v) is 7.17. The first-order chi connectivity index (χ1) is 11.6. The van der Waals surface area contributed by atoms with E-state index in [1.54, 1.807) is 12.1 Å². The number of hydrogen-bond acceptors (Lipinski definition) is 3. The van der Waals surface area contributed by atoms with E-state index in [4.69, 9.17) is 0 Å². The van der Waals surface area contributed by atoms with Crippen LogP contribution in [0.4, 0.5) is 5.69 Å². The summed E-state index contributed by atoms with van der Waals surface area (Å²) in [6.45, 7) is 1.54. The lowest BCUT2D eigenvalue weighted by Gasteiger charge is -2.32. The molecule has 2 aliphatic rings. The van der Waals surface area contributed by atoms with Crippen LogP contribution < -0.4 is 4.90 Å². The van der Waals surface area contributed by atoms with Gasteiger partial charge in [0.25, 0.3) is 5.91 Å². The predicted molar refractivity (Wildman–Crippen MR) is 95.6 cm³/mol. The van der Waals surface area contributed by atoms with Crippen molar-refractivity contribution in [2.24, 2.45) is 0 Å². The van der Waals surface area contributed by atoms with Gasteiger partial charge in [0.1, 0.15) is 0 Å². The molecule has 1 atom stereocenters. The first kappa shape index (κ1) is 15.5. The van der Waals surface area contributed by atoms with Gasteiger partial charge in [-0.1, -0.05) is 40.2 Å². The maximum absolute atomic E-state index is 12.9. The van der Waals surface area contributed by atoms with E-state index in [9.17, 15) is 9.59 Å². The van der Waals surface area contributed by atoms with Crippen LogP contribution in [0.1, 0.15) is 17.5 Å². The van der Waals surface area contributed by atoms with Crippen LogP contribution in [0.25, 0.3) is 0 Å². The Morgan fingerprint density at radius 1 is 0.958 bits per heavy atom. The minimum absolute atomic E-state index is 0.110. The number of carbonyl (C=O) groups excluding carboxylic acids is 2. The van der Waals surface area contributed by atoms with Gasteiger partial charge in [-0.3, -0.25) is 14.5 Å². The van der Waals surface area contributed by atoms with Crippen molar-refractivity contribution in [3.63, 3.8) is 0 Å². The van der Waals surface area contributed by atoms with Crippen molar-refractivity contribution in [1.29, 1.82) is 0 Å². The zero-order chi connectivity index (χ0) is 16.7. The quantitative estimate of drug-likeness (QED) is 0.746. The third-order valence-corrected chi connectivity index (χ3v) is 5.34. The van der Waals surface area contributed by atoms with Gasteiger partial charge in [0.05, 0.1) is 18.2 Å². The minimum Gasteiger partial charge on any atom is -0.287 e. The fraction of sp³-hybridized carbons (Fsp3) is 0.263. The molecule has 0 radical (unpaired) electrons. The highest BCUT2D eigenvalue weighted by molar-refractivity contribution is 9.10. The Balaban J connectivity index is 1.57. The van der Waals surface area contributed by atoms with Gasteiger partial charge in [-0.25, -0.2) is 4.90 Å². The molecule has 24 heavy (non-hydrogen) atoms. The van der Waals surface area contributed by atoms with Gasteiger partial charge < -0.3 is 0 Å². The Hall–Kier alpha value is -1.98. The van der Waals surface area contributed by atoms with Gasteiger partial charge in [-0.05, 0) is 41.8 Å². The van der Waals surface area contributed by atoms with Crippen molar-refractivity contribution < 1.29 is 9.59 Å². The van der Waals surface area contributed by atoms with Gasteiger partial charge in [0.15, 0.2) is 0 Å². The first-order valence-corrected chi connectivity index (χ1v) is 8.86. The van der Waals surface area contributed by atoms with Gasteiger partial charge >= 0.3 is 0 Å². The molecular formula is C19H17BrN2O2. The van der Waals surface area contributed by atoms with Gasteiger partial charge in [-0.2, -0.15) is 0 Å². The fourth-order valence-electron chi connectivity index (χ4n) is 3.55. The van der Waals surface area contributed by atoms with Crippen molar-refractivity contribution in [3.05, 3.63) is 64.1 Å². The lowest BCUT2D eigenvalue weighted by molar-refractivity contribution is -0.123. The molecule has 0 aliphatic carbocycles. The highest BCUT2D eigenvalue weighted by Gasteiger charge is 2.43. The largest absolute Gasteiger partial charge is 0.287 e. The van der Waals surface area contributed by atoms with E-state index in [0.717, 1.165) is 24.0 Å². The molecule has 0 bridgehead atoms. The molecule has 0 spiro atoms. The lowest BCUT2D eigenvalue weighted by Crippen LogP contribution is -2.44. The van der Waals surface area contributed by atoms with E-state index < -0.39 is 0 Å². The second-order valence-electron chi connectivity index (χ2n) is 6.25. The molecule has 0 saturated carbocycles. The van der Waals surface area contributed by atoms with Crippen LogP contribution in [0, 0.1) is 0 Å². The topological polar surface area (TPSA) is 40.6 Å². The van der Waals surface area contributed by atoms with Crippen LogP contribution in [0.2, 0.25) is 0 Å². The Labute approximate surface area is 149 Å². The van der Waals surface area contributed by atoms with E-state index in [-0.39, 0.29) is 24.3 Å². The Morgan fingerprint density at radius 3 is 2.42 bits per heavy atom. The summed E-state index contributed by atoms with van der Waals surface area (Å²) < 4.78 is 0.925. The molecule has 0 N–H and O–H groups in total. The molecule has 4 nitrogen and oxygen atoms in total. The van der Waals surface area contributed by atoms with E-state index in [0.29, 0.717) is 5.69 Å². The van der Waals surface area contributed by atoms with Gasteiger partial charge in [-0.15, -0.1) is 0 Å². The summed E-state index contributed by atoms with van der Waals surface area (Å²) in [5.41, 5.74) is 3.24. The van der Waals surface area contributed by atoms with Crippen molar-refractivity contribution in [1.82, 2.24) is 4.90 Å². The van der Waals surface area contributed by atoms with E-state index in [1.807, 2.05) is 24.3 Å². The normalized spacial score (nSPS) is 21.2. The van der Waals surface area contributed by atoms with Gasteiger partial charge in [0.2, 0.25) is 5.91 Å². The van der Waals surface area contributed by atoms with E-state index >= 15 is 0 Å². The van der Waals surface area contributed by atoms with E-state index in [2.05, 4.69) is 33.0 Å². The van der Waals surface area contributed by atoms with E-state index in [1.165, 1.54) is 16.0 Å². The minimum atomic E-state index is -0.352. The second kappa shape index (κ2) is 6.15. The highest BCUT2D eigenvalue weighted by Crippen LogP contribution is 2.29. The number of fused-ring (bicyclic) bond motifs is 1. The molecule has 2 heterocycles. The van der Waals surface area contributed by atoms with Crippen molar-refractivity contribution >= 4 is 33.4 Å². The third-order valence-electron chi connectivity index (χ3n) is 4.81. The number of benzene rings is 2. The maximum Gasteiger partial charge on any atom is 0.251 e. The average molecular weight is 385 g/mol. The Bertz CT molecular complexity index is 803. The number of rotatable bonds is 2. The molecule has 0 aromatic heterocycles. The zero-order valence-corrected chi connectivity index (χ0v) is 14.7. The fourth-order valence-corrected chi connectivity index (χ4v) is 3.81. The highest BCUT2D eigenvalue weighted by atomic mass is 79.9. The summed E-state index contributed by atoms with van der Waals surface area (Å²) in [4.78, 5) is 28.8. The summed E-state index contributed by atoms with van der Waals surface area (Å²) >= 11 is 3.38. The number of anilines is 1. The van der Waals surface area contributed by atoms with Crippen LogP contribution >= 0.6 is 15.9 Å². The molecule has 4 rings (SSSR count). The molecule has 5 heteroatoms. The average Bonchev–Trinajstić information content (AvgIpc) is 2.90. The number of halogens is 1. The van der Waals surface area contributed by atoms with Crippen LogP contribution in [0.3, 0.4) is 0 Å². The van der Waals surface area contributed by atoms with Crippen LogP contribution in [-0.2, 0) is 22.6 Å². The standard InChI is InChI=1S/C19H17BrN2O2/c20-15-5-7-16(8-6-15)22-18(23)11-17(19(22)24)21-10-9-13-3-1-2-4-14(13)12-21/h1-8,17H,9-12H2/t17-/m0/s1. The summed E-state index contributed by atoms with van der Waals surface area (Å²) in [7, 11) is 0. The van der Waals surface area contributed by atoms with Crippen molar-refractivity contribution in [3.8, 4) is 0 Å². The third kappa shape index (κ3) is 2.68. The Morgan fingerprint density at radius 2 is 1.67 bits per heavy atom. The summed E-state index contributed by atoms with van der Waals surface area (Å²) in [5.74, 6) is -0.229. The molecule has 0 unspecified atom stereocenters. The number of nitrogens with zero attached hydrogens (tertiary/aromatic N) is 2. The van der Waals surface area contributed by atoms with Gasteiger partial charge in [0, 0.05) is 17.6 Å². The summed E-state index contributed by atoms with van der Waals surface area (Å²) in [6.07, 6.45) is 1.18.